The number of carbonyl (C=O) groups is 2. The molecule has 2 aliphatic rings. The van der Waals surface area contributed by atoms with E-state index in [2.05, 4.69) is 10.6 Å². The van der Waals surface area contributed by atoms with Crippen LogP contribution in [0.15, 0.2) is 30.3 Å². The minimum absolute atomic E-state index is 0. The van der Waals surface area contributed by atoms with Gasteiger partial charge in [0.25, 0.3) is 0 Å². The first kappa shape index (κ1) is 20.5. The molecule has 148 valence electrons. The molecule has 1 aliphatic carbocycles. The van der Waals surface area contributed by atoms with Gasteiger partial charge in [-0.05, 0) is 66.6 Å². The molecule has 1 aliphatic heterocycles. The minimum Gasteiger partial charge on any atom is -0.324 e. The maximum Gasteiger partial charge on any atom is 0.224 e. The number of benzene rings is 2. The Morgan fingerprint density at radius 2 is 1.79 bits per heavy atom. The minimum atomic E-state index is -0.354. The fourth-order valence-corrected chi connectivity index (χ4v) is 3.96. The molecule has 1 amide bonds. The van der Waals surface area contributed by atoms with Gasteiger partial charge in [-0.1, -0.05) is 18.2 Å². The van der Waals surface area contributed by atoms with Crippen molar-refractivity contribution in [3.63, 3.8) is 0 Å². The van der Waals surface area contributed by atoms with E-state index in [0.29, 0.717) is 24.1 Å². The topological polar surface area (TPSA) is 58.2 Å². The second kappa shape index (κ2) is 8.84. The van der Waals surface area contributed by atoms with Crippen molar-refractivity contribution in [2.24, 2.45) is 0 Å². The van der Waals surface area contributed by atoms with Crippen LogP contribution in [0.1, 0.15) is 51.9 Å². The van der Waals surface area contributed by atoms with Crippen LogP contribution in [0.2, 0.25) is 0 Å². The van der Waals surface area contributed by atoms with E-state index < -0.39 is 0 Å². The molecule has 0 saturated heterocycles. The van der Waals surface area contributed by atoms with Gasteiger partial charge in [0.15, 0.2) is 5.78 Å². The second-order valence-electron chi connectivity index (χ2n) is 7.30. The Morgan fingerprint density at radius 3 is 2.64 bits per heavy atom. The number of hydrogen-bond donors (Lipinski definition) is 2. The highest BCUT2D eigenvalue weighted by atomic mass is 35.5. The monoisotopic (exact) mass is 402 g/mol. The van der Waals surface area contributed by atoms with E-state index in [1.165, 1.54) is 11.1 Å². The molecule has 0 aromatic heterocycles. The van der Waals surface area contributed by atoms with E-state index in [9.17, 15) is 14.0 Å². The summed E-state index contributed by atoms with van der Waals surface area (Å²) in [5.74, 6) is -0.735. The number of carbonyl (C=O) groups excluding carboxylic acids is 2. The molecule has 2 N–H and O–H groups in total. The number of halogens is 2. The molecule has 0 unspecified atom stereocenters. The summed E-state index contributed by atoms with van der Waals surface area (Å²) in [6.07, 6.45) is 4.02. The van der Waals surface area contributed by atoms with E-state index in [1.54, 1.807) is 6.07 Å². The van der Waals surface area contributed by atoms with Crippen LogP contribution in [0.3, 0.4) is 0 Å². The van der Waals surface area contributed by atoms with Gasteiger partial charge in [-0.3, -0.25) is 9.59 Å². The summed E-state index contributed by atoms with van der Waals surface area (Å²) in [6.45, 7) is 1.38. The predicted molar refractivity (Wildman–Crippen MR) is 110 cm³/mol. The second-order valence-corrected chi connectivity index (χ2v) is 7.30. The highest BCUT2D eigenvalue weighted by Gasteiger charge is 2.18. The zero-order chi connectivity index (χ0) is 18.8. The molecule has 1 heterocycles. The molecular formula is C22H24ClFN2O2. The van der Waals surface area contributed by atoms with Gasteiger partial charge in [0.05, 0.1) is 5.69 Å². The maximum atomic E-state index is 14.6. The molecular weight excluding hydrogens is 379 g/mol. The number of amides is 1. The number of anilines is 1. The zero-order valence-electron chi connectivity index (χ0n) is 15.6. The van der Waals surface area contributed by atoms with E-state index >= 15 is 0 Å². The molecule has 0 bridgehead atoms. The third kappa shape index (κ3) is 4.26. The van der Waals surface area contributed by atoms with Gasteiger partial charge in [0.2, 0.25) is 5.91 Å². The summed E-state index contributed by atoms with van der Waals surface area (Å²) in [6, 6.07) is 9.27. The van der Waals surface area contributed by atoms with Crippen LogP contribution in [0.4, 0.5) is 10.1 Å². The first-order valence-electron chi connectivity index (χ1n) is 9.57. The molecule has 0 radical (unpaired) electrons. The number of nitrogens with one attached hydrogen (secondary N) is 2. The Morgan fingerprint density at radius 1 is 1.00 bits per heavy atom. The van der Waals surface area contributed by atoms with Crippen LogP contribution in [0, 0.1) is 5.82 Å². The highest BCUT2D eigenvalue weighted by molar-refractivity contribution is 6.00. The van der Waals surface area contributed by atoms with Crippen molar-refractivity contribution >= 4 is 29.8 Å². The molecule has 4 rings (SSSR count). The fraction of sp³-hybridized carbons (Fsp3) is 0.364. The predicted octanol–water partition coefficient (Wildman–Crippen LogP) is 3.98. The number of Topliss-reactive ketones (excluding diaryl/α,β-unsaturated/α-hetero) is 1. The van der Waals surface area contributed by atoms with Crippen molar-refractivity contribution in [3.8, 4) is 0 Å². The lowest BCUT2D eigenvalue weighted by Gasteiger charge is -2.19. The normalized spacial score (nSPS) is 14.6. The average molecular weight is 403 g/mol. The van der Waals surface area contributed by atoms with Crippen molar-refractivity contribution in [2.75, 3.05) is 11.9 Å². The van der Waals surface area contributed by atoms with Crippen molar-refractivity contribution in [3.05, 3.63) is 64.0 Å². The van der Waals surface area contributed by atoms with Gasteiger partial charge < -0.3 is 10.6 Å². The van der Waals surface area contributed by atoms with E-state index in [-0.39, 0.29) is 48.4 Å². The molecule has 2 aromatic carbocycles. The first-order valence-corrected chi connectivity index (χ1v) is 9.57. The van der Waals surface area contributed by atoms with Crippen LogP contribution in [0.5, 0.6) is 0 Å². The lowest BCUT2D eigenvalue weighted by molar-refractivity contribution is -0.116. The van der Waals surface area contributed by atoms with Crippen LogP contribution >= 0.6 is 12.4 Å². The first-order chi connectivity index (χ1) is 13.1. The number of fused-ring (bicyclic) bond motifs is 2. The van der Waals surface area contributed by atoms with Crippen molar-refractivity contribution in [1.82, 2.24) is 5.32 Å². The molecule has 4 nitrogen and oxygen atoms in total. The Labute approximate surface area is 170 Å². The number of hydrogen-bond acceptors (Lipinski definition) is 3. The van der Waals surface area contributed by atoms with Gasteiger partial charge in [-0.15, -0.1) is 12.4 Å². The average Bonchev–Trinajstić information content (AvgIpc) is 3.16. The van der Waals surface area contributed by atoms with Crippen LogP contribution < -0.4 is 10.6 Å². The van der Waals surface area contributed by atoms with Gasteiger partial charge in [0.1, 0.15) is 5.82 Å². The standard InChI is InChI=1S/C22H23FN2O2.ClH/c23-22-18-10-11-24-13-17(18)6-7-19(22)25-21(27)9-8-20(26)16-5-4-14-2-1-3-15(14)12-16;/h4-7,12,24H,1-3,8-11,13H2,(H,25,27);1H. The molecule has 0 saturated carbocycles. The van der Waals surface area contributed by atoms with Crippen LogP contribution in [-0.4, -0.2) is 18.2 Å². The summed E-state index contributed by atoms with van der Waals surface area (Å²) < 4.78 is 14.6. The third-order valence-corrected chi connectivity index (χ3v) is 5.48. The molecule has 0 atom stereocenters. The Balaban J connectivity index is 0.00000225. The number of ketones is 1. The van der Waals surface area contributed by atoms with Gasteiger partial charge >= 0.3 is 0 Å². The Kier molecular flexibility index (Phi) is 6.47. The SMILES string of the molecule is Cl.O=C(CCC(=O)c1ccc2c(c1)CCC2)Nc1ccc2c(c1F)CCNC2. The lowest BCUT2D eigenvalue weighted by atomic mass is 9.99. The van der Waals surface area contributed by atoms with Crippen molar-refractivity contribution < 1.29 is 14.0 Å². The quantitative estimate of drug-likeness (QED) is 0.743. The molecule has 0 spiro atoms. The molecule has 0 fully saturated rings. The lowest BCUT2D eigenvalue weighted by Crippen LogP contribution is -2.25. The third-order valence-electron chi connectivity index (χ3n) is 5.48. The Bertz CT molecular complexity index is 914. The van der Waals surface area contributed by atoms with Crippen molar-refractivity contribution in [2.45, 2.75) is 45.1 Å². The molecule has 2 aromatic rings. The summed E-state index contributed by atoms with van der Waals surface area (Å²) in [5.41, 5.74) is 5.03. The van der Waals surface area contributed by atoms with Gasteiger partial charge in [-0.2, -0.15) is 0 Å². The zero-order valence-corrected chi connectivity index (χ0v) is 16.5. The smallest absolute Gasteiger partial charge is 0.224 e. The summed E-state index contributed by atoms with van der Waals surface area (Å²) in [7, 11) is 0. The van der Waals surface area contributed by atoms with E-state index in [4.69, 9.17) is 0 Å². The number of aryl methyl sites for hydroxylation is 2. The van der Waals surface area contributed by atoms with Gasteiger partial charge in [0, 0.05) is 24.9 Å². The molecule has 6 heteroatoms. The van der Waals surface area contributed by atoms with Crippen LogP contribution in [0.25, 0.3) is 0 Å². The summed E-state index contributed by atoms with van der Waals surface area (Å²) in [4.78, 5) is 24.6. The summed E-state index contributed by atoms with van der Waals surface area (Å²) >= 11 is 0. The van der Waals surface area contributed by atoms with E-state index in [0.717, 1.165) is 31.4 Å². The highest BCUT2D eigenvalue weighted by Crippen LogP contribution is 2.25. The molecule has 28 heavy (non-hydrogen) atoms. The number of rotatable bonds is 5. The summed E-state index contributed by atoms with van der Waals surface area (Å²) in [5, 5.41) is 5.82. The Hall–Kier alpha value is -2.24. The largest absolute Gasteiger partial charge is 0.324 e. The maximum absolute atomic E-state index is 14.6. The van der Waals surface area contributed by atoms with Crippen molar-refractivity contribution in [1.29, 1.82) is 0 Å². The fourth-order valence-electron chi connectivity index (χ4n) is 3.96. The van der Waals surface area contributed by atoms with E-state index in [1.807, 2.05) is 24.3 Å². The van der Waals surface area contributed by atoms with Gasteiger partial charge in [-0.25, -0.2) is 4.39 Å². The van der Waals surface area contributed by atoms with Crippen LogP contribution in [-0.2, 0) is 30.6 Å².